The van der Waals surface area contributed by atoms with Crippen LogP contribution in [0.25, 0.3) is 0 Å². The molecule has 126 valence electrons. The second kappa shape index (κ2) is 9.34. The van der Waals surface area contributed by atoms with Gasteiger partial charge in [0.2, 0.25) is 0 Å². The Balaban J connectivity index is 0.00000441. The van der Waals surface area contributed by atoms with Crippen LogP contribution >= 0.6 is 24.0 Å². The minimum Gasteiger partial charge on any atom is -0.356 e. The van der Waals surface area contributed by atoms with Gasteiger partial charge in [-0.15, -0.1) is 24.0 Å². The Labute approximate surface area is 150 Å². The molecule has 0 bridgehead atoms. The SMILES string of the molecule is CN=C(NCCS(C)(=O)=O)NCC(C)(C)c1ccccc1.I. The first-order chi connectivity index (χ1) is 9.74. The molecule has 1 aromatic carbocycles. The van der Waals surface area contributed by atoms with Crippen LogP contribution in [0.15, 0.2) is 35.3 Å². The molecule has 22 heavy (non-hydrogen) atoms. The molecule has 0 aliphatic heterocycles. The summed E-state index contributed by atoms with van der Waals surface area (Å²) in [6, 6.07) is 10.2. The number of hydrogen-bond acceptors (Lipinski definition) is 3. The topological polar surface area (TPSA) is 70.6 Å². The number of nitrogens with zero attached hydrogens (tertiary/aromatic N) is 1. The summed E-state index contributed by atoms with van der Waals surface area (Å²) in [5, 5.41) is 6.25. The first-order valence-corrected chi connectivity index (χ1v) is 8.98. The van der Waals surface area contributed by atoms with Crippen molar-refractivity contribution >= 4 is 39.8 Å². The molecule has 0 fully saturated rings. The lowest BCUT2D eigenvalue weighted by atomic mass is 9.85. The van der Waals surface area contributed by atoms with Gasteiger partial charge >= 0.3 is 0 Å². The quantitative estimate of drug-likeness (QED) is 0.403. The van der Waals surface area contributed by atoms with Crippen molar-refractivity contribution in [1.82, 2.24) is 10.6 Å². The molecule has 0 aromatic heterocycles. The molecule has 5 nitrogen and oxygen atoms in total. The Morgan fingerprint density at radius 3 is 2.27 bits per heavy atom. The van der Waals surface area contributed by atoms with E-state index in [1.54, 1.807) is 7.05 Å². The zero-order valence-electron chi connectivity index (χ0n) is 13.6. The number of nitrogens with one attached hydrogen (secondary N) is 2. The Morgan fingerprint density at radius 1 is 1.18 bits per heavy atom. The van der Waals surface area contributed by atoms with Crippen LogP contribution in [-0.4, -0.2) is 46.5 Å². The van der Waals surface area contributed by atoms with E-state index < -0.39 is 9.84 Å². The van der Waals surface area contributed by atoms with E-state index in [0.717, 1.165) is 0 Å². The highest BCUT2D eigenvalue weighted by Gasteiger charge is 2.20. The largest absolute Gasteiger partial charge is 0.356 e. The van der Waals surface area contributed by atoms with Gasteiger partial charge in [-0.25, -0.2) is 8.42 Å². The number of halogens is 1. The van der Waals surface area contributed by atoms with Gasteiger partial charge in [-0.1, -0.05) is 44.2 Å². The van der Waals surface area contributed by atoms with Gasteiger partial charge in [-0.3, -0.25) is 4.99 Å². The van der Waals surface area contributed by atoms with Gasteiger partial charge in [-0.05, 0) is 5.56 Å². The molecule has 1 aromatic rings. The van der Waals surface area contributed by atoms with Crippen LogP contribution in [0.5, 0.6) is 0 Å². The number of benzene rings is 1. The van der Waals surface area contributed by atoms with Crippen molar-refractivity contribution < 1.29 is 8.42 Å². The summed E-state index contributed by atoms with van der Waals surface area (Å²) in [7, 11) is -1.29. The van der Waals surface area contributed by atoms with Gasteiger partial charge < -0.3 is 10.6 Å². The van der Waals surface area contributed by atoms with Crippen molar-refractivity contribution in [1.29, 1.82) is 0 Å². The van der Waals surface area contributed by atoms with Crippen molar-refractivity contribution in [2.24, 2.45) is 4.99 Å². The summed E-state index contributed by atoms with van der Waals surface area (Å²) in [5.74, 6) is 0.707. The van der Waals surface area contributed by atoms with Gasteiger partial charge in [0.25, 0.3) is 0 Å². The summed E-state index contributed by atoms with van der Waals surface area (Å²) in [6.07, 6.45) is 1.23. The van der Waals surface area contributed by atoms with Crippen molar-refractivity contribution in [2.75, 3.05) is 32.1 Å². The molecule has 1 rings (SSSR count). The lowest BCUT2D eigenvalue weighted by Gasteiger charge is -2.26. The van der Waals surface area contributed by atoms with Crippen LogP contribution in [0.1, 0.15) is 19.4 Å². The molecule has 0 atom stereocenters. The fraction of sp³-hybridized carbons (Fsp3) is 0.533. The highest BCUT2D eigenvalue weighted by atomic mass is 127. The Hall–Kier alpha value is -0.830. The fourth-order valence-electron chi connectivity index (χ4n) is 1.87. The number of hydrogen-bond donors (Lipinski definition) is 2. The van der Waals surface area contributed by atoms with Gasteiger partial charge in [0.15, 0.2) is 5.96 Å². The number of guanidine groups is 1. The van der Waals surface area contributed by atoms with Gasteiger partial charge in [0.05, 0.1) is 5.75 Å². The number of rotatable bonds is 6. The average Bonchev–Trinajstić information content (AvgIpc) is 2.42. The highest BCUT2D eigenvalue weighted by molar-refractivity contribution is 14.0. The maximum absolute atomic E-state index is 11.1. The van der Waals surface area contributed by atoms with E-state index in [4.69, 9.17) is 0 Å². The predicted octanol–water partition coefficient (Wildman–Crippen LogP) is 1.79. The average molecular weight is 439 g/mol. The molecular formula is C15H26IN3O2S. The Bertz CT molecular complexity index is 572. The number of sulfone groups is 1. The lowest BCUT2D eigenvalue weighted by Crippen LogP contribution is -2.44. The van der Waals surface area contributed by atoms with Gasteiger partial charge in [0, 0.05) is 31.8 Å². The maximum Gasteiger partial charge on any atom is 0.191 e. The van der Waals surface area contributed by atoms with Crippen LogP contribution in [0.4, 0.5) is 0 Å². The molecule has 0 aliphatic carbocycles. The van der Waals surface area contributed by atoms with E-state index in [2.05, 4.69) is 41.6 Å². The lowest BCUT2D eigenvalue weighted by molar-refractivity contribution is 0.509. The Kier molecular flexibility index (Phi) is 8.99. The minimum absolute atomic E-state index is 0. The molecule has 0 unspecified atom stereocenters. The number of aliphatic imine (C=N–C) groups is 1. The second-order valence-corrected chi connectivity index (χ2v) is 7.99. The third-order valence-corrected chi connectivity index (χ3v) is 4.19. The molecular weight excluding hydrogens is 413 g/mol. The minimum atomic E-state index is -2.96. The molecule has 0 spiro atoms. The second-order valence-electron chi connectivity index (χ2n) is 5.73. The van der Waals surface area contributed by atoms with Crippen molar-refractivity contribution in [3.63, 3.8) is 0 Å². The molecule has 0 radical (unpaired) electrons. The van der Waals surface area contributed by atoms with Crippen LogP contribution in [-0.2, 0) is 15.3 Å². The molecule has 0 saturated heterocycles. The van der Waals surface area contributed by atoms with Crippen LogP contribution < -0.4 is 10.6 Å². The van der Waals surface area contributed by atoms with E-state index in [0.29, 0.717) is 19.0 Å². The van der Waals surface area contributed by atoms with Gasteiger partial charge in [0.1, 0.15) is 9.84 Å². The zero-order chi connectivity index (χ0) is 15.9. The first kappa shape index (κ1) is 21.2. The summed E-state index contributed by atoms with van der Waals surface area (Å²) >= 11 is 0. The van der Waals surface area contributed by atoms with Crippen LogP contribution in [0.2, 0.25) is 0 Å². The van der Waals surface area contributed by atoms with Crippen molar-refractivity contribution in [3.8, 4) is 0 Å². The molecule has 0 saturated carbocycles. The smallest absolute Gasteiger partial charge is 0.191 e. The summed E-state index contributed by atoms with van der Waals surface area (Å²) in [4.78, 5) is 4.10. The predicted molar refractivity (Wildman–Crippen MR) is 104 cm³/mol. The normalized spacial score (nSPS) is 12.5. The zero-order valence-corrected chi connectivity index (χ0v) is 16.7. The summed E-state index contributed by atoms with van der Waals surface area (Å²) < 4.78 is 22.2. The summed E-state index contributed by atoms with van der Waals surface area (Å²) in [6.45, 7) is 5.36. The third-order valence-electron chi connectivity index (χ3n) is 3.24. The van der Waals surface area contributed by atoms with E-state index >= 15 is 0 Å². The van der Waals surface area contributed by atoms with Crippen molar-refractivity contribution in [3.05, 3.63) is 35.9 Å². The molecule has 2 N–H and O–H groups in total. The first-order valence-electron chi connectivity index (χ1n) is 6.92. The molecule has 0 heterocycles. The van der Waals surface area contributed by atoms with E-state index in [1.807, 2.05) is 18.2 Å². The highest BCUT2D eigenvalue weighted by Crippen LogP contribution is 2.21. The van der Waals surface area contributed by atoms with Gasteiger partial charge in [-0.2, -0.15) is 0 Å². The maximum atomic E-state index is 11.1. The molecule has 7 heteroatoms. The standard InChI is InChI=1S/C15H25N3O2S.HI/c1-15(2,13-8-6-5-7-9-13)12-18-14(16-3)17-10-11-21(4,19)20;/h5-9H,10-12H2,1-4H3,(H2,16,17,18);1H. The van der Waals surface area contributed by atoms with E-state index in [1.165, 1.54) is 11.8 Å². The third kappa shape index (κ3) is 7.98. The van der Waals surface area contributed by atoms with Crippen LogP contribution in [0, 0.1) is 0 Å². The van der Waals surface area contributed by atoms with E-state index in [9.17, 15) is 8.42 Å². The van der Waals surface area contributed by atoms with Crippen molar-refractivity contribution in [2.45, 2.75) is 19.3 Å². The Morgan fingerprint density at radius 2 is 1.77 bits per heavy atom. The van der Waals surface area contributed by atoms with E-state index in [-0.39, 0.29) is 35.1 Å². The molecule has 0 amide bonds. The molecule has 0 aliphatic rings. The monoisotopic (exact) mass is 439 g/mol. The fourth-order valence-corrected chi connectivity index (χ4v) is 2.34. The van der Waals surface area contributed by atoms with Crippen LogP contribution in [0.3, 0.4) is 0 Å². The summed E-state index contributed by atoms with van der Waals surface area (Å²) in [5.41, 5.74) is 1.19.